The monoisotopic (exact) mass is 702 g/mol. The molecule has 0 radical (unpaired) electrons. The van der Waals surface area contributed by atoms with Crippen LogP contribution in [0.5, 0.6) is 0 Å². The van der Waals surface area contributed by atoms with Crippen molar-refractivity contribution in [3.8, 4) is 45.3 Å². The molecule has 4 nitrogen and oxygen atoms in total. The van der Waals surface area contributed by atoms with Gasteiger partial charge >= 0.3 is 0 Å². The van der Waals surface area contributed by atoms with Gasteiger partial charge < -0.3 is 4.57 Å². The predicted octanol–water partition coefficient (Wildman–Crippen LogP) is 12.1. The molecule has 0 saturated heterocycles. The first-order valence-electron chi connectivity index (χ1n) is 18.8. The maximum absolute atomic E-state index is 4.97. The standard InChI is InChI=1S/C51H34N4/c1-4-16-35(17-5-1)49-52-53-50(55(49)40-31-29-39(30-32-40)54-47-26-14-11-23-43(47)44-24-12-15-27-48(44)54)36-28-33-42-41-22-10-13-25-45(41)51(46(42)34-36,37-18-6-2-7-19-37)38-20-8-3-9-21-38/h1-34H. The summed E-state index contributed by atoms with van der Waals surface area (Å²) >= 11 is 0. The summed E-state index contributed by atoms with van der Waals surface area (Å²) in [7, 11) is 0. The molecule has 0 unspecified atom stereocenters. The van der Waals surface area contributed by atoms with Crippen molar-refractivity contribution in [3.63, 3.8) is 0 Å². The van der Waals surface area contributed by atoms with Crippen molar-refractivity contribution in [2.24, 2.45) is 0 Å². The van der Waals surface area contributed by atoms with Crippen LogP contribution < -0.4 is 0 Å². The maximum atomic E-state index is 4.97. The molecule has 0 atom stereocenters. The Morgan fingerprint density at radius 1 is 0.345 bits per heavy atom. The van der Waals surface area contributed by atoms with Gasteiger partial charge in [0.2, 0.25) is 0 Å². The lowest BCUT2D eigenvalue weighted by atomic mass is 9.67. The van der Waals surface area contributed by atoms with E-state index >= 15 is 0 Å². The first-order chi connectivity index (χ1) is 27.3. The zero-order valence-electron chi connectivity index (χ0n) is 29.9. The highest BCUT2D eigenvalue weighted by atomic mass is 15.3. The molecule has 0 fully saturated rings. The third-order valence-electron chi connectivity index (χ3n) is 11.4. The second-order valence-electron chi connectivity index (χ2n) is 14.2. The summed E-state index contributed by atoms with van der Waals surface area (Å²) in [6, 6.07) is 74.0. The normalized spacial score (nSPS) is 12.9. The first kappa shape index (κ1) is 31.2. The second-order valence-corrected chi connectivity index (χ2v) is 14.2. The predicted molar refractivity (Wildman–Crippen MR) is 224 cm³/mol. The van der Waals surface area contributed by atoms with Gasteiger partial charge in [-0.25, -0.2) is 0 Å². The van der Waals surface area contributed by atoms with Crippen LogP contribution in [0.1, 0.15) is 22.3 Å². The van der Waals surface area contributed by atoms with E-state index in [9.17, 15) is 0 Å². The second kappa shape index (κ2) is 12.4. The minimum atomic E-state index is -0.512. The molecule has 0 bridgehead atoms. The van der Waals surface area contributed by atoms with Crippen molar-refractivity contribution < 1.29 is 0 Å². The molecular formula is C51H34N4. The SMILES string of the molecule is c1ccc(-c2nnc(-c3ccc4c(c3)C(c3ccccc3)(c3ccccc3)c3ccccc3-4)n2-c2ccc(-n3c4ccccc4c4ccccc43)cc2)cc1. The minimum Gasteiger partial charge on any atom is -0.309 e. The Bertz CT molecular complexity index is 2920. The fourth-order valence-electron chi connectivity index (χ4n) is 9.02. The molecule has 0 aliphatic heterocycles. The highest BCUT2D eigenvalue weighted by molar-refractivity contribution is 6.09. The Kier molecular flexibility index (Phi) is 7.04. The van der Waals surface area contributed by atoms with E-state index in [4.69, 9.17) is 10.2 Å². The Hall–Kier alpha value is -7.30. The molecule has 1 aliphatic carbocycles. The molecule has 2 heterocycles. The molecule has 2 aromatic heterocycles. The van der Waals surface area contributed by atoms with Crippen LogP contribution in [-0.2, 0) is 5.41 Å². The van der Waals surface area contributed by atoms with Crippen LogP contribution in [0.15, 0.2) is 206 Å². The van der Waals surface area contributed by atoms with Gasteiger partial charge in [-0.05, 0) is 75.8 Å². The molecule has 0 N–H and O–H groups in total. The van der Waals surface area contributed by atoms with E-state index in [1.807, 2.05) is 6.07 Å². The van der Waals surface area contributed by atoms with Crippen LogP contribution in [0.3, 0.4) is 0 Å². The molecule has 55 heavy (non-hydrogen) atoms. The van der Waals surface area contributed by atoms with E-state index in [0.29, 0.717) is 0 Å². The summed E-state index contributed by atoms with van der Waals surface area (Å²) in [5.74, 6) is 1.58. The quantitative estimate of drug-likeness (QED) is 0.173. The van der Waals surface area contributed by atoms with Crippen LogP contribution in [0.2, 0.25) is 0 Å². The average molecular weight is 703 g/mol. The molecule has 1 aliphatic rings. The van der Waals surface area contributed by atoms with Crippen molar-refractivity contribution in [2.75, 3.05) is 0 Å². The van der Waals surface area contributed by atoms with Crippen LogP contribution >= 0.6 is 0 Å². The first-order valence-corrected chi connectivity index (χ1v) is 18.8. The number of para-hydroxylation sites is 2. The van der Waals surface area contributed by atoms with Gasteiger partial charge in [0.05, 0.1) is 16.4 Å². The molecule has 258 valence electrons. The van der Waals surface area contributed by atoms with E-state index in [2.05, 4.69) is 209 Å². The van der Waals surface area contributed by atoms with E-state index < -0.39 is 5.41 Å². The zero-order chi connectivity index (χ0) is 36.3. The molecule has 10 aromatic rings. The van der Waals surface area contributed by atoms with Crippen LogP contribution in [0.4, 0.5) is 0 Å². The summed E-state index contributed by atoms with van der Waals surface area (Å²) in [5.41, 5.74) is 13.4. The topological polar surface area (TPSA) is 35.6 Å². The van der Waals surface area contributed by atoms with E-state index in [1.54, 1.807) is 0 Å². The Morgan fingerprint density at radius 2 is 0.818 bits per heavy atom. The average Bonchev–Trinajstić information content (AvgIpc) is 3.94. The molecule has 0 spiro atoms. The summed E-state index contributed by atoms with van der Waals surface area (Å²) < 4.78 is 4.56. The van der Waals surface area contributed by atoms with Crippen LogP contribution in [-0.4, -0.2) is 19.3 Å². The van der Waals surface area contributed by atoms with Crippen molar-refractivity contribution in [3.05, 3.63) is 229 Å². The summed E-state index contributed by atoms with van der Waals surface area (Å²) in [4.78, 5) is 0. The van der Waals surface area contributed by atoms with E-state index in [1.165, 1.54) is 55.2 Å². The largest absolute Gasteiger partial charge is 0.309 e. The number of benzene rings is 8. The number of nitrogens with zero attached hydrogens (tertiary/aromatic N) is 4. The highest BCUT2D eigenvalue weighted by Crippen LogP contribution is 2.56. The Morgan fingerprint density at radius 3 is 1.44 bits per heavy atom. The lowest BCUT2D eigenvalue weighted by molar-refractivity contribution is 0.768. The lowest BCUT2D eigenvalue weighted by Crippen LogP contribution is -2.28. The molecule has 4 heteroatoms. The fourth-order valence-corrected chi connectivity index (χ4v) is 9.02. The molecular weight excluding hydrogens is 669 g/mol. The molecule has 0 amide bonds. The Balaban J connectivity index is 1.12. The number of rotatable bonds is 6. The van der Waals surface area contributed by atoms with Crippen LogP contribution in [0.25, 0.3) is 67.1 Å². The van der Waals surface area contributed by atoms with Gasteiger partial charge in [-0.2, -0.15) is 0 Å². The van der Waals surface area contributed by atoms with Gasteiger partial charge in [0.1, 0.15) is 0 Å². The van der Waals surface area contributed by atoms with E-state index in [0.717, 1.165) is 34.2 Å². The maximum Gasteiger partial charge on any atom is 0.168 e. The van der Waals surface area contributed by atoms with Crippen LogP contribution in [0, 0.1) is 0 Å². The van der Waals surface area contributed by atoms with Gasteiger partial charge in [0, 0.05) is 33.3 Å². The van der Waals surface area contributed by atoms with Crippen molar-refractivity contribution in [2.45, 2.75) is 5.41 Å². The summed E-state index contributed by atoms with van der Waals surface area (Å²) in [6.45, 7) is 0. The van der Waals surface area contributed by atoms with Crippen molar-refractivity contribution in [1.29, 1.82) is 0 Å². The minimum absolute atomic E-state index is 0.512. The smallest absolute Gasteiger partial charge is 0.168 e. The number of aromatic nitrogens is 4. The zero-order valence-corrected chi connectivity index (χ0v) is 29.9. The van der Waals surface area contributed by atoms with Gasteiger partial charge in [-0.3, -0.25) is 4.57 Å². The van der Waals surface area contributed by atoms with Gasteiger partial charge in [0.15, 0.2) is 11.6 Å². The van der Waals surface area contributed by atoms with Gasteiger partial charge in [0.25, 0.3) is 0 Å². The lowest BCUT2D eigenvalue weighted by Gasteiger charge is -2.34. The van der Waals surface area contributed by atoms with Crippen molar-refractivity contribution in [1.82, 2.24) is 19.3 Å². The van der Waals surface area contributed by atoms with Gasteiger partial charge in [-0.15, -0.1) is 10.2 Å². The number of fused-ring (bicyclic) bond motifs is 6. The van der Waals surface area contributed by atoms with Gasteiger partial charge in [-0.1, -0.05) is 164 Å². The summed E-state index contributed by atoms with van der Waals surface area (Å²) in [6.07, 6.45) is 0. The fraction of sp³-hybridized carbons (Fsp3) is 0.0196. The number of hydrogen-bond acceptors (Lipinski definition) is 2. The third-order valence-corrected chi connectivity index (χ3v) is 11.4. The molecule has 11 rings (SSSR count). The summed E-state index contributed by atoms with van der Waals surface area (Å²) in [5, 5.41) is 12.3. The Labute approximate surface area is 319 Å². The van der Waals surface area contributed by atoms with E-state index in [-0.39, 0.29) is 0 Å². The molecule has 0 saturated carbocycles. The molecule has 8 aromatic carbocycles. The number of hydrogen-bond donors (Lipinski definition) is 0. The third kappa shape index (κ3) is 4.65. The van der Waals surface area contributed by atoms with Crippen molar-refractivity contribution >= 4 is 21.8 Å². The highest BCUT2D eigenvalue weighted by Gasteiger charge is 2.46.